The Balaban J connectivity index is 2.15. The lowest BCUT2D eigenvalue weighted by Crippen LogP contribution is -2.12. The monoisotopic (exact) mass is 238 g/mol. The van der Waals surface area contributed by atoms with Crippen molar-refractivity contribution >= 4 is 17.6 Å². The quantitative estimate of drug-likeness (QED) is 0.877. The number of rotatable bonds is 3. The summed E-state index contributed by atoms with van der Waals surface area (Å²) in [4.78, 5) is 4.22. The first-order valence-corrected chi connectivity index (χ1v) is 5.80. The summed E-state index contributed by atoms with van der Waals surface area (Å²) >= 11 is 5.96. The van der Waals surface area contributed by atoms with E-state index in [2.05, 4.69) is 18.0 Å². The third-order valence-corrected chi connectivity index (χ3v) is 2.97. The van der Waals surface area contributed by atoms with Crippen LogP contribution >= 0.6 is 11.6 Å². The lowest BCUT2D eigenvalue weighted by Gasteiger charge is -2.10. The van der Waals surface area contributed by atoms with Gasteiger partial charge < -0.3 is 10.5 Å². The third kappa shape index (κ3) is 2.47. The highest BCUT2D eigenvalue weighted by molar-refractivity contribution is 6.30. The Morgan fingerprint density at radius 2 is 2.31 bits per heavy atom. The van der Waals surface area contributed by atoms with Crippen LogP contribution in [0.1, 0.15) is 18.1 Å². The maximum absolute atomic E-state index is 5.96. The van der Waals surface area contributed by atoms with Crippen molar-refractivity contribution in [2.75, 3.05) is 6.61 Å². The predicted octanol–water partition coefficient (Wildman–Crippen LogP) is 2.16. The molecule has 0 aromatic heterocycles. The number of nitrogens with zero attached hydrogens (tertiary/aromatic N) is 1. The molecule has 1 aromatic rings. The smallest absolute Gasteiger partial charge is 0.282 e. The van der Waals surface area contributed by atoms with Crippen LogP contribution in [-0.2, 0) is 17.6 Å². The molecule has 4 heteroatoms. The van der Waals surface area contributed by atoms with E-state index in [-0.39, 0.29) is 6.04 Å². The molecule has 0 fully saturated rings. The molecule has 0 saturated heterocycles. The van der Waals surface area contributed by atoms with Crippen LogP contribution in [0.25, 0.3) is 0 Å². The van der Waals surface area contributed by atoms with Crippen molar-refractivity contribution < 1.29 is 4.74 Å². The number of nitrogens with two attached hydrogens (primary N) is 1. The summed E-state index contributed by atoms with van der Waals surface area (Å²) in [5.74, 6) is 0. The van der Waals surface area contributed by atoms with Crippen LogP contribution in [0, 0.1) is 0 Å². The minimum absolute atomic E-state index is 0.145. The fraction of sp³-hybridized carbons (Fsp3) is 0.417. The van der Waals surface area contributed by atoms with Crippen molar-refractivity contribution in [3.8, 4) is 0 Å². The van der Waals surface area contributed by atoms with Crippen LogP contribution in [0.2, 0.25) is 5.02 Å². The van der Waals surface area contributed by atoms with Crippen molar-refractivity contribution in [2.45, 2.75) is 25.8 Å². The number of aryl methyl sites for hydroxylation is 1. The van der Waals surface area contributed by atoms with Crippen LogP contribution in [-0.4, -0.2) is 18.7 Å². The lowest BCUT2D eigenvalue weighted by atomic mass is 9.99. The summed E-state index contributed by atoms with van der Waals surface area (Å²) in [6, 6.07) is 6.44. The molecule has 3 nitrogen and oxygen atoms in total. The molecule has 16 heavy (non-hydrogen) atoms. The van der Waals surface area contributed by atoms with Crippen LogP contribution in [0.4, 0.5) is 0 Å². The maximum atomic E-state index is 5.96. The topological polar surface area (TPSA) is 47.6 Å². The molecular weight excluding hydrogens is 224 g/mol. The number of ether oxygens (including phenoxy) is 1. The van der Waals surface area contributed by atoms with E-state index in [1.165, 1.54) is 11.1 Å². The minimum Gasteiger partial charge on any atom is -0.463 e. The van der Waals surface area contributed by atoms with E-state index >= 15 is 0 Å². The van der Waals surface area contributed by atoms with Gasteiger partial charge in [-0.3, -0.25) is 0 Å². The van der Waals surface area contributed by atoms with Gasteiger partial charge in [0.15, 0.2) is 0 Å². The van der Waals surface area contributed by atoms with Gasteiger partial charge in [-0.25, -0.2) is 4.99 Å². The largest absolute Gasteiger partial charge is 0.463 e. The van der Waals surface area contributed by atoms with Gasteiger partial charge in [-0.15, -0.1) is 0 Å². The molecule has 0 spiro atoms. The molecular formula is C12H15ClN2O. The highest BCUT2D eigenvalue weighted by Crippen LogP contribution is 2.20. The van der Waals surface area contributed by atoms with Gasteiger partial charge in [0.05, 0.1) is 6.04 Å². The van der Waals surface area contributed by atoms with E-state index < -0.39 is 0 Å². The van der Waals surface area contributed by atoms with Crippen molar-refractivity contribution in [2.24, 2.45) is 10.7 Å². The van der Waals surface area contributed by atoms with E-state index in [1.807, 2.05) is 12.1 Å². The molecule has 1 atom stereocenters. The number of hydrogen-bond donors (Lipinski definition) is 1. The van der Waals surface area contributed by atoms with Crippen molar-refractivity contribution in [1.29, 1.82) is 0 Å². The van der Waals surface area contributed by atoms with Gasteiger partial charge in [-0.1, -0.05) is 24.6 Å². The Morgan fingerprint density at radius 1 is 1.50 bits per heavy atom. The second-order valence-electron chi connectivity index (χ2n) is 3.90. The van der Waals surface area contributed by atoms with Gasteiger partial charge in [0.2, 0.25) is 0 Å². The predicted molar refractivity (Wildman–Crippen MR) is 65.9 cm³/mol. The third-order valence-electron chi connectivity index (χ3n) is 2.74. The number of aliphatic imine (C=N–C) groups is 1. The number of amidine groups is 1. The zero-order valence-electron chi connectivity index (χ0n) is 9.24. The molecule has 0 aliphatic carbocycles. The van der Waals surface area contributed by atoms with Gasteiger partial charge in [0.25, 0.3) is 6.02 Å². The SMILES string of the molecule is CCc1cc(Cl)ccc1CC1COC(N)=N1. The van der Waals surface area contributed by atoms with Crippen molar-refractivity contribution in [3.63, 3.8) is 0 Å². The molecule has 0 saturated carbocycles. The van der Waals surface area contributed by atoms with E-state index in [0.29, 0.717) is 12.6 Å². The second-order valence-corrected chi connectivity index (χ2v) is 4.34. The molecule has 1 aliphatic heterocycles. The lowest BCUT2D eigenvalue weighted by molar-refractivity contribution is 0.312. The Kier molecular flexibility index (Phi) is 3.34. The zero-order valence-corrected chi connectivity index (χ0v) is 10.00. The Hall–Kier alpha value is -1.22. The maximum Gasteiger partial charge on any atom is 0.282 e. The molecule has 2 N–H and O–H groups in total. The van der Waals surface area contributed by atoms with Crippen LogP contribution in [0.3, 0.4) is 0 Å². The fourth-order valence-corrected chi connectivity index (χ4v) is 2.11. The summed E-state index contributed by atoms with van der Waals surface area (Å²) < 4.78 is 5.14. The van der Waals surface area contributed by atoms with Crippen molar-refractivity contribution in [3.05, 3.63) is 34.3 Å². The average Bonchev–Trinajstić information content (AvgIpc) is 2.67. The number of halogens is 1. The zero-order chi connectivity index (χ0) is 11.5. The molecule has 1 unspecified atom stereocenters. The summed E-state index contributed by atoms with van der Waals surface area (Å²) in [5.41, 5.74) is 8.03. The van der Waals surface area contributed by atoms with Crippen LogP contribution in [0.15, 0.2) is 23.2 Å². The minimum atomic E-state index is 0.145. The molecule has 0 radical (unpaired) electrons. The van der Waals surface area contributed by atoms with E-state index in [0.717, 1.165) is 17.9 Å². The van der Waals surface area contributed by atoms with Gasteiger partial charge in [0, 0.05) is 5.02 Å². The molecule has 1 aromatic carbocycles. The molecule has 1 aliphatic rings. The average molecular weight is 239 g/mol. The highest BCUT2D eigenvalue weighted by atomic mass is 35.5. The summed E-state index contributed by atoms with van der Waals surface area (Å²) in [7, 11) is 0. The number of hydrogen-bond acceptors (Lipinski definition) is 3. The van der Waals surface area contributed by atoms with Gasteiger partial charge in [0.1, 0.15) is 6.61 Å². The molecule has 86 valence electrons. The molecule has 2 rings (SSSR count). The normalized spacial score (nSPS) is 19.4. The Labute approximate surface area is 100 Å². The molecule has 0 amide bonds. The Morgan fingerprint density at radius 3 is 2.94 bits per heavy atom. The number of benzene rings is 1. The first-order valence-electron chi connectivity index (χ1n) is 5.42. The summed E-state index contributed by atoms with van der Waals surface area (Å²) in [6.45, 7) is 2.70. The molecule has 0 bridgehead atoms. The van der Waals surface area contributed by atoms with E-state index in [1.54, 1.807) is 0 Å². The summed E-state index contributed by atoms with van der Waals surface area (Å²) in [6.07, 6.45) is 1.84. The first kappa shape index (κ1) is 11.3. The fourth-order valence-electron chi connectivity index (χ4n) is 1.92. The molecule has 1 heterocycles. The standard InChI is InChI=1S/C12H15ClN2O/c1-2-8-5-10(13)4-3-9(8)6-11-7-16-12(14)15-11/h3-5,11H,2,6-7H2,1H3,(H2,14,15). The van der Waals surface area contributed by atoms with E-state index in [4.69, 9.17) is 22.1 Å². The van der Waals surface area contributed by atoms with Crippen LogP contribution < -0.4 is 5.73 Å². The first-order chi connectivity index (χ1) is 7.69. The Bertz CT molecular complexity index is 417. The van der Waals surface area contributed by atoms with Crippen molar-refractivity contribution in [1.82, 2.24) is 0 Å². The highest BCUT2D eigenvalue weighted by Gasteiger charge is 2.18. The second kappa shape index (κ2) is 4.74. The van der Waals surface area contributed by atoms with E-state index in [9.17, 15) is 0 Å². The van der Waals surface area contributed by atoms with Gasteiger partial charge in [-0.2, -0.15) is 0 Å². The van der Waals surface area contributed by atoms with Gasteiger partial charge >= 0.3 is 0 Å². The van der Waals surface area contributed by atoms with Crippen LogP contribution in [0.5, 0.6) is 0 Å². The summed E-state index contributed by atoms with van der Waals surface area (Å²) in [5, 5.41) is 0.784. The van der Waals surface area contributed by atoms with Gasteiger partial charge in [-0.05, 0) is 36.1 Å².